The van der Waals surface area contributed by atoms with Crippen LogP contribution in [0.4, 0.5) is 5.69 Å². The van der Waals surface area contributed by atoms with Crippen LogP contribution < -0.4 is 21.5 Å². The average molecular weight is 541 g/mol. The number of rotatable bonds is 6. The summed E-state index contributed by atoms with van der Waals surface area (Å²) in [5.74, 6) is -2.22. The maximum atomic E-state index is 12.9. The lowest BCUT2D eigenvalue weighted by atomic mass is 10.1. The molecule has 3 rings (SSSR count). The van der Waals surface area contributed by atoms with Crippen LogP contribution in [0.3, 0.4) is 0 Å². The Morgan fingerprint density at radius 2 is 1.71 bits per heavy atom. The van der Waals surface area contributed by atoms with Crippen molar-refractivity contribution >= 4 is 87.5 Å². The van der Waals surface area contributed by atoms with Crippen molar-refractivity contribution in [3.8, 4) is 0 Å². The van der Waals surface area contributed by atoms with Crippen LogP contribution in [0.1, 0.15) is 21.8 Å². The molecule has 31 heavy (non-hydrogen) atoms. The Kier molecular flexibility index (Phi) is 7.58. The zero-order chi connectivity index (χ0) is 22.9. The lowest BCUT2D eigenvalue weighted by Gasteiger charge is -2.11. The van der Waals surface area contributed by atoms with Gasteiger partial charge in [-0.25, -0.2) is 0 Å². The van der Waals surface area contributed by atoms with Gasteiger partial charge in [0.2, 0.25) is 5.91 Å². The quantitative estimate of drug-likeness (QED) is 0.295. The number of hydrogen-bond acceptors (Lipinski definition) is 5. The van der Waals surface area contributed by atoms with Gasteiger partial charge in [0.25, 0.3) is 5.91 Å². The van der Waals surface area contributed by atoms with Crippen molar-refractivity contribution in [2.24, 2.45) is 16.8 Å². The first-order chi connectivity index (χ1) is 14.6. The number of carbonyl (C=O) groups is 2. The summed E-state index contributed by atoms with van der Waals surface area (Å²) in [5, 5.41) is 11.9. The molecule has 0 saturated heterocycles. The highest BCUT2D eigenvalue weighted by atomic mass is 35.5. The molecule has 0 aromatic heterocycles. The van der Waals surface area contributed by atoms with Gasteiger partial charge in [-0.05, 0) is 53.9 Å². The Morgan fingerprint density at radius 3 is 2.29 bits per heavy atom. The van der Waals surface area contributed by atoms with E-state index in [1.54, 1.807) is 24.3 Å². The van der Waals surface area contributed by atoms with Crippen LogP contribution in [-0.4, -0.2) is 16.1 Å². The number of alkyl halides is 2. The van der Waals surface area contributed by atoms with Gasteiger partial charge in [0.05, 0.1) is 16.5 Å². The molecule has 1 aliphatic carbocycles. The zero-order valence-electron chi connectivity index (χ0n) is 15.5. The molecule has 2 aromatic carbocycles. The van der Waals surface area contributed by atoms with Gasteiger partial charge in [-0.2, -0.15) is 0 Å². The number of nitrogens with two attached hydrogens (primary N) is 2. The molecule has 0 bridgehead atoms. The highest BCUT2D eigenvalue weighted by molar-refractivity contribution is 8.00. The van der Waals surface area contributed by atoms with E-state index in [9.17, 15) is 9.59 Å². The van der Waals surface area contributed by atoms with E-state index in [1.807, 2.05) is 0 Å². The molecule has 2 atom stereocenters. The lowest BCUT2D eigenvalue weighted by Crippen LogP contribution is -2.24. The maximum Gasteiger partial charge on any atom is 0.257 e. The zero-order valence-corrected chi connectivity index (χ0v) is 20.1. The van der Waals surface area contributed by atoms with Gasteiger partial charge < -0.3 is 16.4 Å². The molecule has 0 radical (unpaired) electrons. The summed E-state index contributed by atoms with van der Waals surface area (Å²) in [6.45, 7) is 0. The fourth-order valence-electron chi connectivity index (χ4n) is 3.11. The third-order valence-corrected chi connectivity index (χ3v) is 6.77. The predicted molar refractivity (Wildman–Crippen MR) is 129 cm³/mol. The molecular formula is C19H15Cl5N4O2S. The molecule has 1 aliphatic rings. The largest absolute Gasteiger partial charge is 0.402 e. The standard InChI is InChI=1S/C19H15Cl5N4O2S/c20-9-3-8(4-10(21)5-9)15-16(19(15,23)24)18(30)27-11-1-2-13(22)12(6-11)17(29)28-14(7-25)31-26/h1-7,15-16H,25-26H2,(H,27,30)(H,28,29)/b14-7-. The normalized spacial score (nSPS) is 19.6. The third kappa shape index (κ3) is 5.37. The van der Waals surface area contributed by atoms with Gasteiger partial charge in [0.15, 0.2) is 0 Å². The molecule has 2 amide bonds. The SMILES string of the molecule is N/C=C(/NC(=O)c1cc(NC(=O)C2C(c3cc(Cl)cc(Cl)c3)C2(Cl)Cl)ccc1Cl)SN. The first-order valence-corrected chi connectivity index (χ1v) is 11.4. The van der Waals surface area contributed by atoms with E-state index in [4.69, 9.17) is 68.9 Å². The molecule has 164 valence electrons. The highest BCUT2D eigenvalue weighted by Crippen LogP contribution is 2.65. The first kappa shape index (κ1) is 24.3. The van der Waals surface area contributed by atoms with E-state index in [-0.39, 0.29) is 15.6 Å². The number of anilines is 1. The molecule has 6 N–H and O–H groups in total. The second-order valence-corrected chi connectivity index (χ2v) is 10.0. The minimum absolute atomic E-state index is 0.116. The molecule has 6 nitrogen and oxygen atoms in total. The molecule has 0 spiro atoms. The molecule has 0 aliphatic heterocycles. The monoisotopic (exact) mass is 538 g/mol. The van der Waals surface area contributed by atoms with Crippen LogP contribution in [0.25, 0.3) is 0 Å². The van der Waals surface area contributed by atoms with Crippen LogP contribution in [0.5, 0.6) is 0 Å². The summed E-state index contributed by atoms with van der Waals surface area (Å²) >= 11 is 31.7. The van der Waals surface area contributed by atoms with Crippen molar-refractivity contribution in [3.05, 3.63) is 73.8 Å². The number of nitrogens with one attached hydrogen (secondary N) is 2. The molecule has 0 heterocycles. The van der Waals surface area contributed by atoms with E-state index < -0.39 is 28.0 Å². The van der Waals surface area contributed by atoms with Crippen molar-refractivity contribution in [1.82, 2.24) is 5.32 Å². The Labute approximate surface area is 207 Å². The van der Waals surface area contributed by atoms with E-state index in [0.29, 0.717) is 21.3 Å². The van der Waals surface area contributed by atoms with Crippen LogP contribution in [0, 0.1) is 5.92 Å². The second-order valence-electron chi connectivity index (χ2n) is 6.62. The number of hydrogen-bond donors (Lipinski definition) is 4. The maximum absolute atomic E-state index is 12.9. The average Bonchev–Trinajstić information content (AvgIpc) is 3.28. The van der Waals surface area contributed by atoms with E-state index >= 15 is 0 Å². The van der Waals surface area contributed by atoms with E-state index in [1.165, 1.54) is 12.1 Å². The summed E-state index contributed by atoms with van der Waals surface area (Å²) in [4.78, 5) is 25.3. The fraction of sp³-hybridized carbons (Fsp3) is 0.158. The minimum Gasteiger partial charge on any atom is -0.402 e. The molecule has 1 saturated carbocycles. The number of carbonyl (C=O) groups excluding carboxylic acids is 2. The van der Waals surface area contributed by atoms with Gasteiger partial charge in [0, 0.05) is 27.9 Å². The number of amides is 2. The van der Waals surface area contributed by atoms with E-state index in [2.05, 4.69) is 10.6 Å². The van der Waals surface area contributed by atoms with Crippen molar-refractivity contribution < 1.29 is 9.59 Å². The smallest absolute Gasteiger partial charge is 0.257 e. The van der Waals surface area contributed by atoms with Gasteiger partial charge in [-0.3, -0.25) is 14.7 Å². The van der Waals surface area contributed by atoms with Gasteiger partial charge in [-0.15, -0.1) is 23.2 Å². The Bertz CT molecular complexity index is 1060. The van der Waals surface area contributed by atoms with Crippen LogP contribution in [0.15, 0.2) is 47.6 Å². The second kappa shape index (κ2) is 9.67. The fourth-order valence-corrected chi connectivity index (χ4v) is 4.91. The summed E-state index contributed by atoms with van der Waals surface area (Å²) in [6, 6.07) is 9.34. The number of halogens is 5. The van der Waals surface area contributed by atoms with Crippen molar-refractivity contribution in [2.75, 3.05) is 5.32 Å². The predicted octanol–water partition coefficient (Wildman–Crippen LogP) is 5.27. The highest BCUT2D eigenvalue weighted by Gasteiger charge is 2.67. The molecule has 1 fully saturated rings. The molecule has 2 aromatic rings. The lowest BCUT2D eigenvalue weighted by molar-refractivity contribution is -0.117. The first-order valence-electron chi connectivity index (χ1n) is 8.62. The van der Waals surface area contributed by atoms with Crippen molar-refractivity contribution in [3.63, 3.8) is 0 Å². The molecule has 12 heteroatoms. The van der Waals surface area contributed by atoms with Crippen LogP contribution >= 0.6 is 70.0 Å². The summed E-state index contributed by atoms with van der Waals surface area (Å²) < 4.78 is -1.33. The van der Waals surface area contributed by atoms with Crippen molar-refractivity contribution in [2.45, 2.75) is 10.3 Å². The summed E-state index contributed by atoms with van der Waals surface area (Å²) in [6.07, 6.45) is 1.15. The Morgan fingerprint density at radius 1 is 1.06 bits per heavy atom. The Balaban J connectivity index is 1.78. The van der Waals surface area contributed by atoms with Crippen LogP contribution in [-0.2, 0) is 4.79 Å². The van der Waals surface area contributed by atoms with Crippen LogP contribution in [0.2, 0.25) is 15.1 Å². The van der Waals surface area contributed by atoms with Gasteiger partial charge in [-0.1, -0.05) is 34.8 Å². The third-order valence-electron chi connectivity index (χ3n) is 4.57. The van der Waals surface area contributed by atoms with Gasteiger partial charge >= 0.3 is 0 Å². The Hall–Kier alpha value is -1.32. The summed E-state index contributed by atoms with van der Waals surface area (Å²) in [7, 11) is 0. The molecule has 2 unspecified atom stereocenters. The molecular weight excluding hydrogens is 526 g/mol. The van der Waals surface area contributed by atoms with Gasteiger partial charge in [0.1, 0.15) is 9.36 Å². The van der Waals surface area contributed by atoms with E-state index in [0.717, 1.165) is 18.1 Å². The number of benzene rings is 2. The summed E-state index contributed by atoms with van der Waals surface area (Å²) in [5.41, 5.74) is 6.48. The van der Waals surface area contributed by atoms with Crippen molar-refractivity contribution in [1.29, 1.82) is 0 Å². The topological polar surface area (TPSA) is 110 Å². The minimum atomic E-state index is -1.33.